The molecule has 0 amide bonds. The summed E-state index contributed by atoms with van der Waals surface area (Å²) in [5.74, 6) is 2.00. The Balaban J connectivity index is 1.45. The molecule has 1 aliphatic heterocycles. The second kappa shape index (κ2) is 8.52. The first-order chi connectivity index (χ1) is 11.7. The Morgan fingerprint density at radius 2 is 1.92 bits per heavy atom. The average molecular weight is 329 g/mol. The molecule has 1 aromatic heterocycles. The van der Waals surface area contributed by atoms with Crippen LogP contribution in [0.4, 0.5) is 5.82 Å². The molecule has 1 saturated carbocycles. The maximum Gasteiger partial charge on any atom is 0.128 e. The number of hydrogen-bond donors (Lipinski definition) is 1. The van der Waals surface area contributed by atoms with Crippen molar-refractivity contribution >= 4 is 11.5 Å². The van der Waals surface area contributed by atoms with E-state index in [4.69, 9.17) is 0 Å². The van der Waals surface area contributed by atoms with Crippen molar-refractivity contribution in [2.24, 2.45) is 5.92 Å². The van der Waals surface area contributed by atoms with Gasteiger partial charge in [0.15, 0.2) is 0 Å². The lowest BCUT2D eigenvalue weighted by Gasteiger charge is -2.33. The highest BCUT2D eigenvalue weighted by Crippen LogP contribution is 2.26. The summed E-state index contributed by atoms with van der Waals surface area (Å²) >= 11 is 0. The van der Waals surface area contributed by atoms with E-state index >= 15 is 0 Å². The molecule has 1 aromatic rings. The van der Waals surface area contributed by atoms with Crippen molar-refractivity contribution in [1.29, 1.82) is 0 Å². The van der Waals surface area contributed by atoms with Crippen molar-refractivity contribution in [1.82, 2.24) is 15.2 Å². The number of aromatic nitrogens is 1. The average Bonchev–Trinajstić information content (AvgIpc) is 2.63. The lowest BCUT2D eigenvalue weighted by molar-refractivity contribution is 0.312. The molecular weight excluding hydrogens is 296 g/mol. The number of nitrogens with one attached hydrogen (secondary N) is 1. The van der Waals surface area contributed by atoms with Gasteiger partial charge in [0.2, 0.25) is 0 Å². The number of rotatable bonds is 6. The van der Waals surface area contributed by atoms with Crippen molar-refractivity contribution < 1.29 is 0 Å². The fourth-order valence-electron chi connectivity index (χ4n) is 3.79. The fourth-order valence-corrected chi connectivity index (χ4v) is 3.79. The van der Waals surface area contributed by atoms with Crippen LogP contribution in [0.1, 0.15) is 44.1 Å². The number of pyridine rings is 1. The lowest BCUT2D eigenvalue weighted by Crippen LogP contribution is -2.44. The van der Waals surface area contributed by atoms with Gasteiger partial charge in [-0.3, -0.25) is 0 Å². The minimum atomic E-state index is 0.914. The third-order valence-electron chi connectivity index (χ3n) is 5.54. The minimum Gasteiger partial charge on any atom is -0.385 e. The van der Waals surface area contributed by atoms with Crippen LogP contribution in [0.25, 0.3) is 5.70 Å². The number of anilines is 1. The van der Waals surface area contributed by atoms with E-state index in [9.17, 15) is 0 Å². The summed E-state index contributed by atoms with van der Waals surface area (Å²) in [6.45, 7) is 9.56. The Morgan fingerprint density at radius 3 is 2.58 bits per heavy atom. The molecule has 0 spiro atoms. The van der Waals surface area contributed by atoms with E-state index in [1.165, 1.54) is 38.5 Å². The van der Waals surface area contributed by atoms with Crippen LogP contribution in [0.3, 0.4) is 0 Å². The molecule has 4 nitrogen and oxygen atoms in total. The highest BCUT2D eigenvalue weighted by molar-refractivity contribution is 5.62. The second-order valence-corrected chi connectivity index (χ2v) is 7.39. The van der Waals surface area contributed by atoms with E-state index in [1.807, 2.05) is 6.20 Å². The van der Waals surface area contributed by atoms with E-state index in [0.29, 0.717) is 0 Å². The number of likely N-dealkylation sites (N-methyl/N-ethyl adjacent to an activating group) is 1. The van der Waals surface area contributed by atoms with Gasteiger partial charge in [0.1, 0.15) is 5.82 Å². The molecule has 1 aliphatic carbocycles. The maximum absolute atomic E-state index is 4.65. The van der Waals surface area contributed by atoms with Crippen molar-refractivity contribution in [3.05, 3.63) is 30.5 Å². The molecule has 0 radical (unpaired) electrons. The predicted molar refractivity (Wildman–Crippen MR) is 102 cm³/mol. The molecule has 1 N–H and O–H groups in total. The standard InChI is InChI=1S/C20H32N4/c1-17(21-11-10-18-6-4-3-5-7-18)19-8-9-20(22-16-19)24-14-12-23(2)13-15-24/h8-9,16,18,21H,1,3-7,10-15H2,2H3. The van der Waals surface area contributed by atoms with Crippen LogP contribution in [0.15, 0.2) is 24.9 Å². The van der Waals surface area contributed by atoms with Gasteiger partial charge in [-0.15, -0.1) is 0 Å². The summed E-state index contributed by atoms with van der Waals surface area (Å²) in [4.78, 5) is 9.38. The number of piperazine rings is 1. The van der Waals surface area contributed by atoms with Gasteiger partial charge in [-0.2, -0.15) is 0 Å². The first kappa shape index (κ1) is 17.3. The molecule has 132 valence electrons. The minimum absolute atomic E-state index is 0.914. The molecule has 0 atom stereocenters. The van der Waals surface area contributed by atoms with E-state index in [2.05, 4.69) is 45.9 Å². The molecule has 1 saturated heterocycles. The SMILES string of the molecule is C=C(NCCC1CCCCC1)c1ccc(N2CCN(C)CC2)nc1. The highest BCUT2D eigenvalue weighted by Gasteiger charge is 2.15. The molecule has 24 heavy (non-hydrogen) atoms. The Bertz CT molecular complexity index is 511. The van der Waals surface area contributed by atoms with Crippen LogP contribution in [0.5, 0.6) is 0 Å². The van der Waals surface area contributed by atoms with Gasteiger partial charge >= 0.3 is 0 Å². The molecule has 0 aromatic carbocycles. The normalized spacial score (nSPS) is 20.1. The smallest absolute Gasteiger partial charge is 0.128 e. The van der Waals surface area contributed by atoms with Gasteiger partial charge in [-0.1, -0.05) is 38.7 Å². The largest absolute Gasteiger partial charge is 0.385 e. The van der Waals surface area contributed by atoms with E-state index < -0.39 is 0 Å². The van der Waals surface area contributed by atoms with Gasteiger partial charge < -0.3 is 15.1 Å². The van der Waals surface area contributed by atoms with Gasteiger partial charge in [0.25, 0.3) is 0 Å². The highest BCUT2D eigenvalue weighted by atomic mass is 15.3. The molecule has 2 fully saturated rings. The number of nitrogens with zero attached hydrogens (tertiary/aromatic N) is 3. The molecular formula is C20H32N4. The van der Waals surface area contributed by atoms with Crippen LogP contribution < -0.4 is 10.2 Å². The summed E-state index contributed by atoms with van der Waals surface area (Å²) in [5.41, 5.74) is 2.11. The van der Waals surface area contributed by atoms with E-state index in [1.54, 1.807) is 0 Å². The van der Waals surface area contributed by atoms with E-state index in [0.717, 1.165) is 55.7 Å². The molecule has 3 rings (SSSR count). The Kier molecular flexibility index (Phi) is 6.13. The Hall–Kier alpha value is -1.55. The monoisotopic (exact) mass is 328 g/mol. The summed E-state index contributed by atoms with van der Waals surface area (Å²) in [6, 6.07) is 4.28. The van der Waals surface area contributed by atoms with Gasteiger partial charge in [0, 0.05) is 50.2 Å². The van der Waals surface area contributed by atoms with Crippen LogP contribution >= 0.6 is 0 Å². The fraction of sp³-hybridized carbons (Fsp3) is 0.650. The summed E-state index contributed by atoms with van der Waals surface area (Å²) in [6.07, 6.45) is 10.3. The predicted octanol–water partition coefficient (Wildman–Crippen LogP) is 3.36. The third kappa shape index (κ3) is 4.73. The molecule has 0 bridgehead atoms. The maximum atomic E-state index is 4.65. The zero-order valence-electron chi connectivity index (χ0n) is 15.1. The van der Waals surface area contributed by atoms with Crippen molar-refractivity contribution in [2.45, 2.75) is 38.5 Å². The first-order valence-corrected chi connectivity index (χ1v) is 9.55. The molecule has 2 heterocycles. The van der Waals surface area contributed by atoms with Gasteiger partial charge in [-0.05, 0) is 31.5 Å². The molecule has 0 unspecified atom stereocenters. The molecule has 2 aliphatic rings. The van der Waals surface area contributed by atoms with Crippen LogP contribution in [-0.4, -0.2) is 49.7 Å². The summed E-state index contributed by atoms with van der Waals surface area (Å²) in [5, 5.41) is 3.50. The van der Waals surface area contributed by atoms with Crippen molar-refractivity contribution in [2.75, 3.05) is 44.7 Å². The zero-order chi connectivity index (χ0) is 16.8. The molecule has 4 heteroatoms. The zero-order valence-corrected chi connectivity index (χ0v) is 15.1. The Morgan fingerprint density at radius 1 is 1.17 bits per heavy atom. The second-order valence-electron chi connectivity index (χ2n) is 7.39. The summed E-state index contributed by atoms with van der Waals surface area (Å²) in [7, 11) is 2.18. The first-order valence-electron chi connectivity index (χ1n) is 9.55. The van der Waals surface area contributed by atoms with Crippen LogP contribution in [-0.2, 0) is 0 Å². The van der Waals surface area contributed by atoms with E-state index in [-0.39, 0.29) is 0 Å². The quantitative estimate of drug-likeness (QED) is 0.867. The summed E-state index contributed by atoms with van der Waals surface area (Å²) < 4.78 is 0. The topological polar surface area (TPSA) is 31.4 Å². The van der Waals surface area contributed by atoms with Crippen molar-refractivity contribution in [3.63, 3.8) is 0 Å². The Labute approximate surface area is 146 Å². The third-order valence-corrected chi connectivity index (χ3v) is 5.54. The number of hydrogen-bond acceptors (Lipinski definition) is 4. The van der Waals surface area contributed by atoms with Crippen LogP contribution in [0, 0.1) is 5.92 Å². The lowest BCUT2D eigenvalue weighted by atomic mass is 9.87. The van der Waals surface area contributed by atoms with Gasteiger partial charge in [-0.25, -0.2) is 4.98 Å². The van der Waals surface area contributed by atoms with Crippen molar-refractivity contribution in [3.8, 4) is 0 Å². The van der Waals surface area contributed by atoms with Gasteiger partial charge in [0.05, 0.1) is 0 Å². The van der Waals surface area contributed by atoms with Crippen LogP contribution in [0.2, 0.25) is 0 Å².